The van der Waals surface area contributed by atoms with Gasteiger partial charge in [0, 0.05) is 0 Å². The van der Waals surface area contributed by atoms with Gasteiger partial charge < -0.3 is 19.3 Å². The molecule has 0 saturated heterocycles. The summed E-state index contributed by atoms with van der Waals surface area (Å²) in [5.41, 5.74) is 3.24. The third-order valence-electron chi connectivity index (χ3n) is 5.68. The summed E-state index contributed by atoms with van der Waals surface area (Å²) in [6.45, 7) is 5.46. The van der Waals surface area contributed by atoms with Gasteiger partial charge in [0.15, 0.2) is 0 Å². The largest absolute Gasteiger partial charge is 0.394 e. The second-order valence-corrected chi connectivity index (χ2v) is 11.5. The summed E-state index contributed by atoms with van der Waals surface area (Å²) >= 11 is 3.71. The summed E-state index contributed by atoms with van der Waals surface area (Å²) < 4.78 is 19.6. The van der Waals surface area contributed by atoms with E-state index in [1.807, 2.05) is 90.3 Å². The highest BCUT2D eigenvalue weighted by Gasteiger charge is 2.37. The minimum atomic E-state index is -0.535. The van der Waals surface area contributed by atoms with E-state index in [1.165, 1.54) is 0 Å². The van der Waals surface area contributed by atoms with E-state index in [0.717, 1.165) is 28.2 Å². The first-order valence-corrected chi connectivity index (χ1v) is 14.7. The molecule has 1 N–H and O–H groups in total. The molecule has 3 aromatic rings. The number of thioether (sulfide) groups is 2. The molecule has 0 amide bonds. The molecule has 0 aromatic heterocycles. The summed E-state index contributed by atoms with van der Waals surface area (Å²) in [5, 5.41) is 10.5. The van der Waals surface area contributed by atoms with Gasteiger partial charge in [0.2, 0.25) is 0 Å². The average molecular weight is 527 g/mol. The maximum atomic E-state index is 10.5. The molecule has 0 unspecified atom stereocenters. The lowest BCUT2D eigenvalue weighted by atomic mass is 10.1. The Balaban J connectivity index is 1.86. The molecule has 3 rings (SSSR count). The minimum Gasteiger partial charge on any atom is -0.394 e. The summed E-state index contributed by atoms with van der Waals surface area (Å²) in [6, 6.07) is 30.3. The maximum absolute atomic E-state index is 10.5. The van der Waals surface area contributed by atoms with Crippen molar-refractivity contribution < 1.29 is 19.3 Å². The van der Waals surface area contributed by atoms with Crippen LogP contribution in [0.1, 0.15) is 30.5 Å². The van der Waals surface area contributed by atoms with Gasteiger partial charge in [0.1, 0.15) is 18.3 Å². The van der Waals surface area contributed by atoms with E-state index in [0.29, 0.717) is 19.8 Å². The lowest BCUT2D eigenvalue weighted by Crippen LogP contribution is -2.48. The quantitative estimate of drug-likeness (QED) is 0.201. The molecule has 3 aromatic carbocycles. The van der Waals surface area contributed by atoms with E-state index in [-0.39, 0.29) is 17.3 Å². The molecule has 6 heteroatoms. The first-order chi connectivity index (χ1) is 17.7. The number of benzene rings is 3. The number of hydrogen-bond acceptors (Lipinski definition) is 6. The van der Waals surface area contributed by atoms with Crippen molar-refractivity contribution in [3.05, 3.63) is 108 Å². The number of aliphatic hydroxyl groups excluding tert-OH is 1. The van der Waals surface area contributed by atoms with E-state index in [9.17, 15) is 5.11 Å². The van der Waals surface area contributed by atoms with Crippen LogP contribution in [-0.4, -0.2) is 46.1 Å². The molecule has 0 spiro atoms. The van der Waals surface area contributed by atoms with Crippen molar-refractivity contribution in [2.24, 2.45) is 0 Å². The van der Waals surface area contributed by atoms with Crippen LogP contribution >= 0.6 is 23.5 Å². The van der Waals surface area contributed by atoms with Crippen LogP contribution in [-0.2, 0) is 34.0 Å². The fourth-order valence-corrected chi connectivity index (χ4v) is 6.58. The molecule has 0 saturated carbocycles. The van der Waals surface area contributed by atoms with Gasteiger partial charge in [0.05, 0.1) is 31.0 Å². The summed E-state index contributed by atoms with van der Waals surface area (Å²) in [5.74, 6) is 1.92. The topological polar surface area (TPSA) is 47.9 Å². The molecule has 0 aliphatic rings. The summed E-state index contributed by atoms with van der Waals surface area (Å²) in [6.07, 6.45) is -1.27. The number of aliphatic hydroxyl groups is 1. The Morgan fingerprint density at radius 2 is 0.972 bits per heavy atom. The van der Waals surface area contributed by atoms with Gasteiger partial charge >= 0.3 is 0 Å². The molecular formula is C30H38O4S2. The van der Waals surface area contributed by atoms with Gasteiger partial charge in [-0.15, -0.1) is 23.5 Å². The minimum absolute atomic E-state index is 0.138. The monoisotopic (exact) mass is 526 g/mol. The van der Waals surface area contributed by atoms with Crippen LogP contribution in [0.5, 0.6) is 0 Å². The molecule has 0 aliphatic heterocycles. The zero-order valence-electron chi connectivity index (χ0n) is 21.2. The molecule has 0 radical (unpaired) electrons. The van der Waals surface area contributed by atoms with Crippen molar-refractivity contribution in [1.29, 1.82) is 0 Å². The summed E-state index contributed by atoms with van der Waals surface area (Å²) in [7, 11) is 0. The van der Waals surface area contributed by atoms with Crippen molar-refractivity contribution in [1.82, 2.24) is 0 Å². The average Bonchev–Trinajstić information content (AvgIpc) is 2.93. The second kappa shape index (κ2) is 16.8. The summed E-state index contributed by atoms with van der Waals surface area (Å²) in [4.78, 5) is 0. The van der Waals surface area contributed by atoms with Crippen LogP contribution in [0.3, 0.4) is 0 Å². The standard InChI is InChI=1S/C30H38O4S2/c1-3-35-30(36-4-2)29(34-23-26-18-12-7-13-19-26)28(33-22-25-16-10-6-11-17-25)27(20-31)32-21-24-14-8-5-9-15-24/h5-19,27-31H,3-4,20-23H2,1-2H3/t27-,28+,29-/m1/s1. The second-order valence-electron chi connectivity index (χ2n) is 8.32. The zero-order valence-corrected chi connectivity index (χ0v) is 22.8. The van der Waals surface area contributed by atoms with Gasteiger partial charge in [-0.2, -0.15) is 0 Å². The normalized spacial score (nSPS) is 14.0. The van der Waals surface area contributed by atoms with Crippen LogP contribution in [0.25, 0.3) is 0 Å². The van der Waals surface area contributed by atoms with Gasteiger partial charge in [-0.3, -0.25) is 0 Å². The molecule has 3 atom stereocenters. The molecule has 4 nitrogen and oxygen atoms in total. The Bertz CT molecular complexity index is 937. The van der Waals surface area contributed by atoms with Crippen LogP contribution in [0.4, 0.5) is 0 Å². The zero-order chi connectivity index (χ0) is 25.4. The molecule has 36 heavy (non-hydrogen) atoms. The lowest BCUT2D eigenvalue weighted by Gasteiger charge is -2.36. The first-order valence-electron chi connectivity index (χ1n) is 12.6. The Morgan fingerprint density at radius 3 is 1.36 bits per heavy atom. The van der Waals surface area contributed by atoms with E-state index in [4.69, 9.17) is 14.2 Å². The predicted molar refractivity (Wildman–Crippen MR) is 152 cm³/mol. The molecular weight excluding hydrogens is 488 g/mol. The van der Waals surface area contributed by atoms with Crippen molar-refractivity contribution in [3.8, 4) is 0 Å². The fraction of sp³-hybridized carbons (Fsp3) is 0.400. The Labute approximate surface area is 224 Å². The highest BCUT2D eigenvalue weighted by Crippen LogP contribution is 2.33. The molecule has 194 valence electrons. The van der Waals surface area contributed by atoms with Crippen molar-refractivity contribution >= 4 is 23.5 Å². The van der Waals surface area contributed by atoms with Crippen molar-refractivity contribution in [2.75, 3.05) is 18.1 Å². The predicted octanol–water partition coefficient (Wildman–Crippen LogP) is 6.57. The molecule has 0 aliphatic carbocycles. The Morgan fingerprint density at radius 1 is 0.583 bits per heavy atom. The van der Waals surface area contributed by atoms with Crippen LogP contribution in [0.2, 0.25) is 0 Å². The van der Waals surface area contributed by atoms with E-state index in [2.05, 4.69) is 38.1 Å². The highest BCUT2D eigenvalue weighted by atomic mass is 32.2. The van der Waals surface area contributed by atoms with Gasteiger partial charge in [0.25, 0.3) is 0 Å². The van der Waals surface area contributed by atoms with E-state index < -0.39 is 12.2 Å². The first kappa shape index (κ1) is 28.8. The molecule has 0 heterocycles. The lowest BCUT2D eigenvalue weighted by molar-refractivity contribution is -0.157. The van der Waals surface area contributed by atoms with E-state index >= 15 is 0 Å². The number of hydrogen-bond donors (Lipinski definition) is 1. The van der Waals surface area contributed by atoms with Crippen molar-refractivity contribution in [2.45, 2.75) is 56.6 Å². The van der Waals surface area contributed by atoms with Crippen LogP contribution < -0.4 is 0 Å². The number of ether oxygens (including phenoxy) is 3. The Hall–Kier alpha value is -1.80. The highest BCUT2D eigenvalue weighted by molar-refractivity contribution is 8.17. The third-order valence-corrected chi connectivity index (χ3v) is 8.35. The molecule has 0 bridgehead atoms. The van der Waals surface area contributed by atoms with Gasteiger partial charge in [-0.05, 0) is 28.2 Å². The smallest absolute Gasteiger partial charge is 0.114 e. The number of rotatable bonds is 17. The Kier molecular flexibility index (Phi) is 13.5. The maximum Gasteiger partial charge on any atom is 0.114 e. The molecule has 0 fully saturated rings. The fourth-order valence-electron chi connectivity index (χ4n) is 3.87. The van der Waals surface area contributed by atoms with Crippen LogP contribution in [0.15, 0.2) is 91.0 Å². The SMILES string of the molecule is CCSC(SCC)[C@H](OCc1ccccc1)[C@@H](OCc1ccccc1)[C@@H](CO)OCc1ccccc1. The van der Waals surface area contributed by atoms with Gasteiger partial charge in [-0.25, -0.2) is 0 Å². The third kappa shape index (κ3) is 9.58. The van der Waals surface area contributed by atoms with Crippen molar-refractivity contribution in [3.63, 3.8) is 0 Å². The van der Waals surface area contributed by atoms with Crippen LogP contribution in [0, 0.1) is 0 Å². The van der Waals surface area contributed by atoms with Gasteiger partial charge in [-0.1, -0.05) is 105 Å². The van der Waals surface area contributed by atoms with E-state index in [1.54, 1.807) is 0 Å².